The molecule has 1 fully saturated rings. The maximum absolute atomic E-state index is 12.7. The van der Waals surface area contributed by atoms with Crippen LogP contribution >= 0.6 is 35.0 Å². The number of hydrogen-bond acceptors (Lipinski definition) is 4. The number of aromatic carboxylic acids is 1. The Morgan fingerprint density at radius 1 is 1.22 bits per heavy atom. The van der Waals surface area contributed by atoms with Crippen LogP contribution < -0.4 is 0 Å². The van der Waals surface area contributed by atoms with Gasteiger partial charge >= 0.3 is 5.97 Å². The minimum atomic E-state index is -1.00. The number of amidine groups is 1. The predicted octanol–water partition coefficient (Wildman–Crippen LogP) is 5.32. The van der Waals surface area contributed by atoms with Crippen LogP contribution in [0.1, 0.15) is 22.8 Å². The van der Waals surface area contributed by atoms with Gasteiger partial charge in [0.05, 0.1) is 26.2 Å². The van der Waals surface area contributed by atoms with E-state index in [0.717, 1.165) is 0 Å². The summed E-state index contributed by atoms with van der Waals surface area (Å²) in [4.78, 5) is 30.2. The van der Waals surface area contributed by atoms with E-state index in [1.54, 1.807) is 41.3 Å². The van der Waals surface area contributed by atoms with Crippen LogP contribution in [-0.2, 0) is 4.79 Å². The number of hydrogen-bond donors (Lipinski definition) is 1. The lowest BCUT2D eigenvalue weighted by molar-refractivity contribution is -0.122. The smallest absolute Gasteiger partial charge is 0.335 e. The Bertz CT molecular complexity index is 971. The lowest BCUT2D eigenvalue weighted by atomic mass is 10.2. The monoisotopic (exact) mass is 420 g/mol. The molecule has 2 aromatic carbocycles. The molecule has 0 unspecified atom stereocenters. The van der Waals surface area contributed by atoms with Crippen molar-refractivity contribution in [1.29, 1.82) is 0 Å². The highest BCUT2D eigenvalue weighted by Crippen LogP contribution is 2.36. The minimum Gasteiger partial charge on any atom is -0.478 e. The summed E-state index contributed by atoms with van der Waals surface area (Å²) in [6.07, 6.45) is 1.69. The van der Waals surface area contributed by atoms with Crippen molar-refractivity contribution in [2.45, 2.75) is 6.92 Å². The minimum absolute atomic E-state index is 0.167. The molecule has 0 spiro atoms. The molecule has 1 saturated heterocycles. The van der Waals surface area contributed by atoms with Crippen LogP contribution in [0.3, 0.4) is 0 Å². The highest BCUT2D eigenvalue weighted by molar-refractivity contribution is 8.18. The summed E-state index contributed by atoms with van der Waals surface area (Å²) in [5.41, 5.74) is 1.40. The predicted molar refractivity (Wildman–Crippen MR) is 110 cm³/mol. The number of carbonyl (C=O) groups excluding carboxylic acids is 1. The van der Waals surface area contributed by atoms with Crippen LogP contribution in [0, 0.1) is 0 Å². The van der Waals surface area contributed by atoms with Gasteiger partial charge in [0.1, 0.15) is 0 Å². The van der Waals surface area contributed by atoms with Crippen LogP contribution in [-0.4, -0.2) is 33.6 Å². The number of nitrogens with zero attached hydrogens (tertiary/aromatic N) is 2. The van der Waals surface area contributed by atoms with Crippen molar-refractivity contribution in [1.82, 2.24) is 4.90 Å². The zero-order chi connectivity index (χ0) is 19.6. The summed E-state index contributed by atoms with van der Waals surface area (Å²) >= 11 is 13.5. The second kappa shape index (κ2) is 8.17. The van der Waals surface area contributed by atoms with E-state index in [4.69, 9.17) is 28.3 Å². The number of carboxylic acids is 1. The lowest BCUT2D eigenvalue weighted by Crippen LogP contribution is -2.28. The van der Waals surface area contributed by atoms with Crippen molar-refractivity contribution in [3.8, 4) is 0 Å². The Balaban J connectivity index is 1.93. The molecule has 5 nitrogen and oxygen atoms in total. The summed E-state index contributed by atoms with van der Waals surface area (Å²) < 4.78 is 0. The molecule has 0 bridgehead atoms. The molecule has 27 heavy (non-hydrogen) atoms. The van der Waals surface area contributed by atoms with Crippen molar-refractivity contribution >= 4 is 63.8 Å². The molecular formula is C19H14Cl2N2O3S. The van der Waals surface area contributed by atoms with Gasteiger partial charge in [0.2, 0.25) is 0 Å². The molecule has 0 radical (unpaired) electrons. The largest absolute Gasteiger partial charge is 0.478 e. The number of likely N-dealkylation sites (N-methyl/N-ethyl adjacent to an activating group) is 1. The molecule has 8 heteroatoms. The average molecular weight is 421 g/mol. The van der Waals surface area contributed by atoms with E-state index in [-0.39, 0.29) is 11.5 Å². The van der Waals surface area contributed by atoms with E-state index in [1.165, 1.54) is 23.9 Å². The summed E-state index contributed by atoms with van der Waals surface area (Å²) in [7, 11) is 0. The Morgan fingerprint density at radius 3 is 2.56 bits per heavy atom. The van der Waals surface area contributed by atoms with Crippen LogP contribution in [0.25, 0.3) is 6.08 Å². The van der Waals surface area contributed by atoms with Crippen LogP contribution in [0.15, 0.2) is 52.4 Å². The summed E-state index contributed by atoms with van der Waals surface area (Å²) in [5.74, 6) is -1.17. The van der Waals surface area contributed by atoms with E-state index >= 15 is 0 Å². The summed E-state index contributed by atoms with van der Waals surface area (Å²) in [6.45, 7) is 2.31. The van der Waals surface area contributed by atoms with E-state index < -0.39 is 5.97 Å². The number of carbonyl (C=O) groups is 2. The highest BCUT2D eigenvalue weighted by Gasteiger charge is 2.32. The van der Waals surface area contributed by atoms with E-state index in [0.29, 0.717) is 37.9 Å². The third-order valence-electron chi connectivity index (χ3n) is 3.81. The third kappa shape index (κ3) is 4.18. The van der Waals surface area contributed by atoms with E-state index in [1.807, 2.05) is 6.92 Å². The fourth-order valence-electron chi connectivity index (χ4n) is 2.43. The average Bonchev–Trinajstić information content (AvgIpc) is 2.94. The quantitative estimate of drug-likeness (QED) is 0.679. The van der Waals surface area contributed by atoms with Crippen LogP contribution in [0.2, 0.25) is 10.0 Å². The molecule has 1 aliphatic rings. The number of aliphatic imine (C=N–C) groups is 1. The number of benzene rings is 2. The standard InChI is InChI=1S/C19H14Cl2N2O3S/c1-2-23-17(24)15(10-12-4-3-5-14(20)16(12)21)27-19(23)22-13-8-6-11(7-9-13)18(25)26/h3-10H,2H2,1H3,(H,25,26)/b15-10+,22-19?. The van der Waals surface area contributed by atoms with Gasteiger partial charge in [-0.25, -0.2) is 9.79 Å². The van der Waals surface area contributed by atoms with Crippen molar-refractivity contribution < 1.29 is 14.7 Å². The van der Waals surface area contributed by atoms with Gasteiger partial charge in [0.25, 0.3) is 5.91 Å². The van der Waals surface area contributed by atoms with Gasteiger partial charge in [-0.1, -0.05) is 35.3 Å². The Kier molecular flexibility index (Phi) is 5.89. The molecule has 0 saturated carbocycles. The van der Waals surface area contributed by atoms with Crippen molar-refractivity contribution in [3.63, 3.8) is 0 Å². The third-order valence-corrected chi connectivity index (χ3v) is 5.65. The van der Waals surface area contributed by atoms with Crippen molar-refractivity contribution in [3.05, 3.63) is 68.5 Å². The van der Waals surface area contributed by atoms with Gasteiger partial charge < -0.3 is 5.11 Å². The highest BCUT2D eigenvalue weighted by atomic mass is 35.5. The molecule has 138 valence electrons. The lowest BCUT2D eigenvalue weighted by Gasteiger charge is -2.12. The molecular weight excluding hydrogens is 407 g/mol. The maximum Gasteiger partial charge on any atom is 0.335 e. The first-order valence-corrected chi connectivity index (χ1v) is 9.55. The molecule has 1 N–H and O–H groups in total. The van der Waals surface area contributed by atoms with Gasteiger partial charge in [-0.15, -0.1) is 0 Å². The fraction of sp³-hybridized carbons (Fsp3) is 0.105. The first-order valence-electron chi connectivity index (χ1n) is 7.98. The normalized spacial score (nSPS) is 17.1. The summed E-state index contributed by atoms with van der Waals surface area (Å²) in [5, 5.41) is 10.3. The number of amides is 1. The molecule has 1 heterocycles. The molecule has 3 rings (SSSR count). The van der Waals surface area contributed by atoms with E-state index in [2.05, 4.69) is 4.99 Å². The van der Waals surface area contributed by atoms with Gasteiger partial charge in [-0.05, 0) is 60.7 Å². The topological polar surface area (TPSA) is 70.0 Å². The second-order valence-electron chi connectivity index (χ2n) is 5.55. The van der Waals surface area contributed by atoms with Gasteiger partial charge in [-0.3, -0.25) is 9.69 Å². The Morgan fingerprint density at radius 2 is 1.93 bits per heavy atom. The van der Waals surface area contributed by atoms with Crippen LogP contribution in [0.5, 0.6) is 0 Å². The fourth-order valence-corrected chi connectivity index (χ4v) is 3.85. The number of halogens is 2. The first kappa shape index (κ1) is 19.5. The number of carboxylic acid groups (broad SMARTS) is 1. The molecule has 1 aliphatic heterocycles. The van der Waals surface area contributed by atoms with Crippen molar-refractivity contribution in [2.75, 3.05) is 6.54 Å². The molecule has 0 aliphatic carbocycles. The summed E-state index contributed by atoms with van der Waals surface area (Å²) in [6, 6.07) is 11.4. The Hall–Kier alpha value is -2.28. The molecule has 2 aromatic rings. The zero-order valence-corrected chi connectivity index (χ0v) is 16.5. The van der Waals surface area contributed by atoms with Gasteiger partial charge in [0.15, 0.2) is 5.17 Å². The van der Waals surface area contributed by atoms with Crippen LogP contribution in [0.4, 0.5) is 5.69 Å². The Labute approximate surface area is 170 Å². The van der Waals surface area contributed by atoms with Gasteiger partial charge in [-0.2, -0.15) is 0 Å². The SMILES string of the molecule is CCN1C(=O)/C(=C\c2cccc(Cl)c2Cl)SC1=Nc1ccc(C(=O)O)cc1. The molecule has 0 aromatic heterocycles. The number of rotatable bonds is 4. The first-order chi connectivity index (χ1) is 12.9. The second-order valence-corrected chi connectivity index (χ2v) is 7.34. The van der Waals surface area contributed by atoms with E-state index in [9.17, 15) is 9.59 Å². The maximum atomic E-state index is 12.7. The van der Waals surface area contributed by atoms with Crippen molar-refractivity contribution in [2.24, 2.45) is 4.99 Å². The molecule has 0 atom stereocenters. The molecule has 1 amide bonds. The number of thioether (sulfide) groups is 1. The van der Waals surface area contributed by atoms with Gasteiger partial charge in [0, 0.05) is 6.54 Å². The zero-order valence-electron chi connectivity index (χ0n) is 14.1.